The third-order valence-electron chi connectivity index (χ3n) is 3.23. The Kier molecular flexibility index (Phi) is 4.42. The molecule has 1 fully saturated rings. The van der Waals surface area contributed by atoms with Crippen molar-refractivity contribution in [3.8, 4) is 0 Å². The lowest BCUT2D eigenvalue weighted by atomic mass is 10.2. The highest BCUT2D eigenvalue weighted by molar-refractivity contribution is 7.89. The average molecular weight is 297 g/mol. The molecule has 0 radical (unpaired) electrons. The maximum Gasteiger partial charge on any atom is 0.243 e. The SMILES string of the molecule is CC(=O)Nc1cc(S(=O)(=O)N2CCNCC2)ccc1C. The fourth-order valence-corrected chi connectivity index (χ4v) is 3.59. The Bertz CT molecular complexity index is 607. The van der Waals surface area contributed by atoms with Crippen LogP contribution in [-0.2, 0) is 14.8 Å². The molecule has 0 bridgehead atoms. The molecule has 0 saturated carbocycles. The van der Waals surface area contributed by atoms with Crippen molar-refractivity contribution >= 4 is 21.6 Å². The fourth-order valence-electron chi connectivity index (χ4n) is 2.12. The number of sulfonamides is 1. The number of piperazine rings is 1. The van der Waals surface area contributed by atoms with Crippen LogP contribution in [0.2, 0.25) is 0 Å². The third kappa shape index (κ3) is 3.17. The highest BCUT2D eigenvalue weighted by atomic mass is 32.2. The van der Waals surface area contributed by atoms with Crippen molar-refractivity contribution in [2.24, 2.45) is 0 Å². The first-order chi connectivity index (χ1) is 9.41. The molecular formula is C13H19N3O3S. The van der Waals surface area contributed by atoms with Gasteiger partial charge in [-0.15, -0.1) is 0 Å². The van der Waals surface area contributed by atoms with Gasteiger partial charge < -0.3 is 10.6 Å². The molecule has 1 aliphatic rings. The summed E-state index contributed by atoms with van der Waals surface area (Å²) in [5.41, 5.74) is 1.37. The number of anilines is 1. The number of carbonyl (C=O) groups is 1. The third-order valence-corrected chi connectivity index (χ3v) is 5.13. The molecule has 1 amide bonds. The van der Waals surface area contributed by atoms with Crippen molar-refractivity contribution < 1.29 is 13.2 Å². The second kappa shape index (κ2) is 5.90. The molecule has 1 heterocycles. The molecule has 0 unspecified atom stereocenters. The molecule has 0 spiro atoms. The molecule has 7 heteroatoms. The van der Waals surface area contributed by atoms with Crippen LogP contribution in [0.1, 0.15) is 12.5 Å². The van der Waals surface area contributed by atoms with E-state index >= 15 is 0 Å². The molecule has 0 atom stereocenters. The Morgan fingerprint density at radius 2 is 1.95 bits per heavy atom. The molecule has 6 nitrogen and oxygen atoms in total. The van der Waals surface area contributed by atoms with Crippen LogP contribution in [0.4, 0.5) is 5.69 Å². The predicted molar refractivity (Wildman–Crippen MR) is 77.1 cm³/mol. The minimum Gasteiger partial charge on any atom is -0.326 e. The minimum atomic E-state index is -3.50. The molecule has 1 aromatic carbocycles. The van der Waals surface area contributed by atoms with Gasteiger partial charge in [0.05, 0.1) is 4.90 Å². The number of hydrogen-bond donors (Lipinski definition) is 2. The molecule has 1 aliphatic heterocycles. The zero-order valence-corrected chi connectivity index (χ0v) is 12.5. The van der Waals surface area contributed by atoms with Crippen LogP contribution in [0.25, 0.3) is 0 Å². The minimum absolute atomic E-state index is 0.216. The number of benzene rings is 1. The van der Waals surface area contributed by atoms with Crippen LogP contribution in [0.5, 0.6) is 0 Å². The van der Waals surface area contributed by atoms with Crippen LogP contribution in [0, 0.1) is 6.92 Å². The molecule has 110 valence electrons. The molecule has 2 N–H and O–H groups in total. The Morgan fingerprint density at radius 3 is 2.55 bits per heavy atom. The second-order valence-corrected chi connectivity index (χ2v) is 6.75. The summed E-state index contributed by atoms with van der Waals surface area (Å²) in [6, 6.07) is 4.81. The summed E-state index contributed by atoms with van der Waals surface area (Å²) in [4.78, 5) is 11.4. The molecular weight excluding hydrogens is 278 g/mol. The number of aryl methyl sites for hydroxylation is 1. The van der Waals surface area contributed by atoms with E-state index in [-0.39, 0.29) is 10.8 Å². The molecule has 1 aromatic rings. The number of rotatable bonds is 3. The predicted octanol–water partition coefficient (Wildman–Crippen LogP) is 0.547. The number of nitrogens with zero attached hydrogens (tertiary/aromatic N) is 1. The topological polar surface area (TPSA) is 78.5 Å². The maximum atomic E-state index is 12.5. The van der Waals surface area contributed by atoms with Crippen LogP contribution < -0.4 is 10.6 Å². The van der Waals surface area contributed by atoms with Gasteiger partial charge in [-0.05, 0) is 24.6 Å². The lowest BCUT2D eigenvalue weighted by molar-refractivity contribution is -0.114. The fraction of sp³-hybridized carbons (Fsp3) is 0.462. The lowest BCUT2D eigenvalue weighted by Crippen LogP contribution is -2.46. The Morgan fingerprint density at radius 1 is 1.30 bits per heavy atom. The summed E-state index contributed by atoms with van der Waals surface area (Å²) >= 11 is 0. The van der Waals surface area contributed by atoms with Crippen molar-refractivity contribution in [2.75, 3.05) is 31.5 Å². The number of nitrogens with one attached hydrogen (secondary N) is 2. The number of hydrogen-bond acceptors (Lipinski definition) is 4. The maximum absolute atomic E-state index is 12.5. The van der Waals surface area contributed by atoms with Crippen LogP contribution in [-0.4, -0.2) is 44.8 Å². The summed E-state index contributed by atoms with van der Waals surface area (Å²) in [6.45, 7) is 5.47. The summed E-state index contributed by atoms with van der Waals surface area (Å²) < 4.78 is 26.5. The highest BCUT2D eigenvalue weighted by Crippen LogP contribution is 2.23. The Hall–Kier alpha value is -1.44. The zero-order chi connectivity index (χ0) is 14.8. The molecule has 20 heavy (non-hydrogen) atoms. The molecule has 1 saturated heterocycles. The van der Waals surface area contributed by atoms with E-state index in [1.165, 1.54) is 17.3 Å². The monoisotopic (exact) mass is 297 g/mol. The summed E-state index contributed by atoms with van der Waals surface area (Å²) in [5, 5.41) is 5.78. The van der Waals surface area contributed by atoms with Crippen molar-refractivity contribution in [1.82, 2.24) is 9.62 Å². The van der Waals surface area contributed by atoms with Crippen molar-refractivity contribution in [1.29, 1.82) is 0 Å². The number of carbonyl (C=O) groups excluding carboxylic acids is 1. The van der Waals surface area contributed by atoms with E-state index in [1.54, 1.807) is 12.1 Å². The lowest BCUT2D eigenvalue weighted by Gasteiger charge is -2.26. The first-order valence-corrected chi connectivity index (χ1v) is 7.94. The first-order valence-electron chi connectivity index (χ1n) is 6.50. The van der Waals surface area contributed by atoms with Gasteiger partial charge in [0.1, 0.15) is 0 Å². The smallest absolute Gasteiger partial charge is 0.243 e. The van der Waals surface area contributed by atoms with Crippen molar-refractivity contribution in [3.05, 3.63) is 23.8 Å². The van der Waals surface area contributed by atoms with Gasteiger partial charge in [-0.2, -0.15) is 4.31 Å². The van der Waals surface area contributed by atoms with E-state index in [0.717, 1.165) is 5.56 Å². The van der Waals surface area contributed by atoms with Crippen LogP contribution in [0.15, 0.2) is 23.1 Å². The number of amides is 1. The van der Waals surface area contributed by atoms with E-state index in [0.29, 0.717) is 31.9 Å². The standard InChI is InChI=1S/C13H19N3O3S/c1-10-3-4-12(9-13(10)15-11(2)17)20(18,19)16-7-5-14-6-8-16/h3-4,9,14H,5-8H2,1-2H3,(H,15,17). The van der Waals surface area contributed by atoms with Crippen molar-refractivity contribution in [2.45, 2.75) is 18.7 Å². The summed E-state index contributed by atoms with van der Waals surface area (Å²) in [7, 11) is -3.50. The summed E-state index contributed by atoms with van der Waals surface area (Å²) in [5.74, 6) is -0.218. The Labute approximate surface area is 119 Å². The van der Waals surface area contributed by atoms with E-state index < -0.39 is 10.0 Å². The van der Waals surface area contributed by atoms with E-state index in [9.17, 15) is 13.2 Å². The van der Waals surface area contributed by atoms with Gasteiger partial charge in [0.25, 0.3) is 0 Å². The quantitative estimate of drug-likeness (QED) is 0.854. The average Bonchev–Trinajstić information content (AvgIpc) is 2.41. The van der Waals surface area contributed by atoms with Gasteiger partial charge in [-0.25, -0.2) is 8.42 Å². The normalized spacial score (nSPS) is 16.9. The van der Waals surface area contributed by atoms with Gasteiger partial charge in [0.2, 0.25) is 15.9 Å². The summed E-state index contributed by atoms with van der Waals surface area (Å²) in [6.07, 6.45) is 0. The Balaban J connectivity index is 2.33. The van der Waals surface area contributed by atoms with Crippen LogP contribution >= 0.6 is 0 Å². The van der Waals surface area contributed by atoms with Gasteiger partial charge in [-0.3, -0.25) is 4.79 Å². The molecule has 2 rings (SSSR count). The van der Waals surface area contributed by atoms with E-state index in [2.05, 4.69) is 10.6 Å². The van der Waals surface area contributed by atoms with Gasteiger partial charge in [-0.1, -0.05) is 6.07 Å². The van der Waals surface area contributed by atoms with E-state index in [1.807, 2.05) is 6.92 Å². The molecule has 0 aliphatic carbocycles. The first kappa shape index (κ1) is 15.0. The highest BCUT2D eigenvalue weighted by Gasteiger charge is 2.26. The second-order valence-electron chi connectivity index (χ2n) is 4.81. The van der Waals surface area contributed by atoms with Gasteiger partial charge in [0.15, 0.2) is 0 Å². The molecule has 0 aromatic heterocycles. The van der Waals surface area contributed by atoms with Crippen LogP contribution in [0.3, 0.4) is 0 Å². The zero-order valence-electron chi connectivity index (χ0n) is 11.6. The van der Waals surface area contributed by atoms with Gasteiger partial charge in [0, 0.05) is 38.8 Å². The largest absolute Gasteiger partial charge is 0.326 e. The van der Waals surface area contributed by atoms with Crippen molar-refractivity contribution in [3.63, 3.8) is 0 Å². The van der Waals surface area contributed by atoms with Gasteiger partial charge >= 0.3 is 0 Å². The van der Waals surface area contributed by atoms with E-state index in [4.69, 9.17) is 0 Å².